The highest BCUT2D eigenvalue weighted by atomic mass is 16.6. The third-order valence-corrected chi connectivity index (χ3v) is 2.93. The number of carbonyl (C=O) groups excluding carboxylic acids is 1. The average Bonchev–Trinajstić information content (AvgIpc) is 2.01. The van der Waals surface area contributed by atoms with Crippen LogP contribution in [-0.4, -0.2) is 11.6 Å². The minimum absolute atomic E-state index is 0.0108. The second kappa shape index (κ2) is 4.81. The van der Waals surface area contributed by atoms with Crippen LogP contribution in [0.4, 0.5) is 0 Å². The summed E-state index contributed by atoms with van der Waals surface area (Å²) in [4.78, 5) is 11.2. The molecule has 0 aliphatic carbocycles. The summed E-state index contributed by atoms with van der Waals surface area (Å²) in [5.74, 6) is 0.737. The molecule has 2 nitrogen and oxygen atoms in total. The first-order valence-corrected chi connectivity index (χ1v) is 5.74. The highest BCUT2D eigenvalue weighted by molar-refractivity contribution is 5.70. The lowest BCUT2D eigenvalue weighted by Gasteiger charge is -2.33. The van der Waals surface area contributed by atoms with Crippen LogP contribution in [0, 0.1) is 5.92 Å². The van der Waals surface area contributed by atoms with E-state index < -0.39 is 0 Å². The zero-order valence-corrected chi connectivity index (χ0v) is 9.64. The van der Waals surface area contributed by atoms with Gasteiger partial charge in [-0.3, -0.25) is 4.79 Å². The van der Waals surface area contributed by atoms with E-state index in [1.807, 2.05) is 0 Å². The number of ether oxygens (including phenoxy) is 1. The lowest BCUT2D eigenvalue weighted by molar-refractivity contribution is -0.165. The van der Waals surface area contributed by atoms with Crippen molar-refractivity contribution in [2.24, 2.45) is 5.92 Å². The Bertz CT molecular complexity index is 198. The number of esters is 1. The first-order valence-electron chi connectivity index (χ1n) is 5.74. The SMILES string of the molecule is CC(C)CCC[C@]1(C)CCCC(=O)O1. The maximum absolute atomic E-state index is 11.2. The zero-order chi connectivity index (χ0) is 10.6. The minimum atomic E-state index is -0.162. The van der Waals surface area contributed by atoms with Crippen LogP contribution in [0.1, 0.15) is 59.3 Å². The maximum Gasteiger partial charge on any atom is 0.306 e. The molecular weight excluding hydrogens is 176 g/mol. The quantitative estimate of drug-likeness (QED) is 0.648. The van der Waals surface area contributed by atoms with Crippen molar-refractivity contribution in [1.29, 1.82) is 0 Å². The zero-order valence-electron chi connectivity index (χ0n) is 9.64. The lowest BCUT2D eigenvalue weighted by Crippen LogP contribution is -2.35. The predicted molar refractivity (Wildman–Crippen MR) is 57.0 cm³/mol. The van der Waals surface area contributed by atoms with E-state index in [0.29, 0.717) is 6.42 Å². The molecule has 0 spiro atoms. The van der Waals surface area contributed by atoms with E-state index in [1.54, 1.807) is 0 Å². The Balaban J connectivity index is 2.30. The summed E-state index contributed by atoms with van der Waals surface area (Å²) in [5, 5.41) is 0. The van der Waals surface area contributed by atoms with Crippen LogP contribution in [0.5, 0.6) is 0 Å². The molecule has 1 rings (SSSR count). The molecule has 1 saturated heterocycles. The van der Waals surface area contributed by atoms with Gasteiger partial charge in [-0.1, -0.05) is 20.3 Å². The summed E-state index contributed by atoms with van der Waals surface area (Å²) < 4.78 is 5.42. The van der Waals surface area contributed by atoms with Gasteiger partial charge in [-0.25, -0.2) is 0 Å². The molecule has 82 valence electrons. The summed E-state index contributed by atoms with van der Waals surface area (Å²) in [5.41, 5.74) is -0.162. The van der Waals surface area contributed by atoms with Gasteiger partial charge in [0.25, 0.3) is 0 Å². The second-order valence-electron chi connectivity index (χ2n) is 5.06. The smallest absolute Gasteiger partial charge is 0.306 e. The van der Waals surface area contributed by atoms with Gasteiger partial charge in [-0.15, -0.1) is 0 Å². The third kappa shape index (κ3) is 3.69. The number of rotatable bonds is 4. The first-order chi connectivity index (χ1) is 6.52. The highest BCUT2D eigenvalue weighted by Crippen LogP contribution is 2.30. The Morgan fingerprint density at radius 1 is 1.50 bits per heavy atom. The van der Waals surface area contributed by atoms with Gasteiger partial charge >= 0.3 is 5.97 Å². The summed E-state index contributed by atoms with van der Waals surface area (Å²) in [6.45, 7) is 6.54. The molecule has 14 heavy (non-hydrogen) atoms. The molecule has 1 heterocycles. The molecule has 0 saturated carbocycles. The standard InChI is InChI=1S/C12H22O2/c1-10(2)6-4-8-12(3)9-5-7-11(13)14-12/h10H,4-9H2,1-3H3/t12-/m1/s1. The molecule has 0 unspecified atom stereocenters. The Kier molecular flexibility index (Phi) is 3.97. The normalized spacial score (nSPS) is 27.9. The highest BCUT2D eigenvalue weighted by Gasteiger charge is 2.31. The Hall–Kier alpha value is -0.530. The van der Waals surface area contributed by atoms with Gasteiger partial charge < -0.3 is 4.74 Å². The average molecular weight is 198 g/mol. The molecular formula is C12H22O2. The fourth-order valence-corrected chi connectivity index (χ4v) is 2.04. The van der Waals surface area contributed by atoms with E-state index in [2.05, 4.69) is 20.8 Å². The largest absolute Gasteiger partial charge is 0.459 e. The summed E-state index contributed by atoms with van der Waals surface area (Å²) in [7, 11) is 0. The van der Waals surface area contributed by atoms with Crippen LogP contribution >= 0.6 is 0 Å². The van der Waals surface area contributed by atoms with Gasteiger partial charge in [0, 0.05) is 6.42 Å². The number of cyclic esters (lactones) is 1. The fraction of sp³-hybridized carbons (Fsp3) is 0.917. The number of carbonyl (C=O) groups is 1. The molecule has 1 fully saturated rings. The van der Waals surface area contributed by atoms with Gasteiger partial charge in [0.05, 0.1) is 0 Å². The minimum Gasteiger partial charge on any atom is -0.459 e. The van der Waals surface area contributed by atoms with E-state index in [9.17, 15) is 4.79 Å². The van der Waals surface area contributed by atoms with E-state index in [0.717, 1.165) is 25.2 Å². The lowest BCUT2D eigenvalue weighted by atomic mass is 9.89. The monoisotopic (exact) mass is 198 g/mol. The maximum atomic E-state index is 11.2. The summed E-state index contributed by atoms with van der Waals surface area (Å²) in [6.07, 6.45) is 6.07. The van der Waals surface area contributed by atoms with E-state index >= 15 is 0 Å². The second-order valence-corrected chi connectivity index (χ2v) is 5.06. The third-order valence-electron chi connectivity index (χ3n) is 2.93. The van der Waals surface area contributed by atoms with Crippen molar-refractivity contribution in [1.82, 2.24) is 0 Å². The van der Waals surface area contributed by atoms with Gasteiger partial charge in [0.2, 0.25) is 0 Å². The molecule has 0 amide bonds. The predicted octanol–water partition coefficient (Wildman–Crippen LogP) is 3.30. The van der Waals surface area contributed by atoms with Gasteiger partial charge in [-0.2, -0.15) is 0 Å². The van der Waals surface area contributed by atoms with Crippen molar-refractivity contribution in [3.8, 4) is 0 Å². The van der Waals surface area contributed by atoms with Crippen LogP contribution in [0.2, 0.25) is 0 Å². The van der Waals surface area contributed by atoms with Gasteiger partial charge in [0.15, 0.2) is 0 Å². The van der Waals surface area contributed by atoms with Crippen LogP contribution in [-0.2, 0) is 9.53 Å². The Morgan fingerprint density at radius 3 is 2.79 bits per heavy atom. The molecule has 0 bridgehead atoms. The topological polar surface area (TPSA) is 26.3 Å². The molecule has 1 aliphatic heterocycles. The van der Waals surface area contributed by atoms with Gasteiger partial charge in [0.1, 0.15) is 5.60 Å². The van der Waals surface area contributed by atoms with Crippen LogP contribution in [0.15, 0.2) is 0 Å². The van der Waals surface area contributed by atoms with E-state index in [1.165, 1.54) is 12.8 Å². The Morgan fingerprint density at radius 2 is 2.21 bits per heavy atom. The molecule has 1 atom stereocenters. The molecule has 0 aromatic carbocycles. The van der Waals surface area contributed by atoms with E-state index in [-0.39, 0.29) is 11.6 Å². The molecule has 0 N–H and O–H groups in total. The van der Waals surface area contributed by atoms with Crippen molar-refractivity contribution in [3.63, 3.8) is 0 Å². The fourth-order valence-electron chi connectivity index (χ4n) is 2.04. The van der Waals surface area contributed by atoms with E-state index in [4.69, 9.17) is 4.74 Å². The number of hydrogen-bond donors (Lipinski definition) is 0. The molecule has 1 aliphatic rings. The first kappa shape index (κ1) is 11.5. The summed E-state index contributed by atoms with van der Waals surface area (Å²) in [6, 6.07) is 0. The summed E-state index contributed by atoms with van der Waals surface area (Å²) >= 11 is 0. The van der Waals surface area contributed by atoms with Crippen LogP contribution < -0.4 is 0 Å². The van der Waals surface area contributed by atoms with Crippen LogP contribution in [0.25, 0.3) is 0 Å². The van der Waals surface area contributed by atoms with Crippen molar-refractivity contribution in [2.75, 3.05) is 0 Å². The molecule has 0 radical (unpaired) electrons. The number of hydrogen-bond acceptors (Lipinski definition) is 2. The van der Waals surface area contributed by atoms with Crippen molar-refractivity contribution >= 4 is 5.97 Å². The van der Waals surface area contributed by atoms with Crippen molar-refractivity contribution in [3.05, 3.63) is 0 Å². The van der Waals surface area contributed by atoms with Crippen molar-refractivity contribution < 1.29 is 9.53 Å². The Labute approximate surface area is 87.0 Å². The van der Waals surface area contributed by atoms with Crippen LogP contribution in [0.3, 0.4) is 0 Å². The van der Waals surface area contributed by atoms with Gasteiger partial charge in [-0.05, 0) is 38.5 Å². The van der Waals surface area contributed by atoms with Crippen molar-refractivity contribution in [2.45, 2.75) is 64.9 Å². The molecule has 0 aromatic rings. The molecule has 0 aromatic heterocycles. The molecule has 2 heteroatoms.